The fourth-order valence-corrected chi connectivity index (χ4v) is 1.68. The first-order chi connectivity index (χ1) is 6.06. The zero-order valence-electron chi connectivity index (χ0n) is 8.17. The third kappa shape index (κ3) is 2.73. The van der Waals surface area contributed by atoms with Crippen LogP contribution in [-0.4, -0.2) is 17.6 Å². The average molecular weight is 181 g/mol. The molecule has 0 radical (unpaired) electrons. The molecule has 0 aromatic carbocycles. The number of nitrogens with zero attached hydrogens (tertiary/aromatic N) is 1. The highest BCUT2D eigenvalue weighted by Gasteiger charge is 2.36. The van der Waals surface area contributed by atoms with Crippen LogP contribution >= 0.6 is 0 Å². The van der Waals surface area contributed by atoms with Crippen molar-refractivity contribution < 1.29 is 9.53 Å². The van der Waals surface area contributed by atoms with Crippen LogP contribution in [0.2, 0.25) is 0 Å². The van der Waals surface area contributed by atoms with Gasteiger partial charge in [-0.15, -0.1) is 0 Å². The summed E-state index contributed by atoms with van der Waals surface area (Å²) in [5.74, 6) is -0.212. The molecule has 0 aromatic rings. The molecule has 1 aliphatic rings. The summed E-state index contributed by atoms with van der Waals surface area (Å²) in [4.78, 5) is 14.3. The maximum Gasteiger partial charge on any atom is 0.302 e. The molecule has 0 aromatic heterocycles. The van der Waals surface area contributed by atoms with Gasteiger partial charge in [0.1, 0.15) is 6.10 Å². The second-order valence-electron chi connectivity index (χ2n) is 3.92. The third-order valence-electron chi connectivity index (χ3n) is 2.61. The molecular formula is C10H15NO2. The molecule has 1 saturated carbocycles. The molecule has 0 bridgehead atoms. The van der Waals surface area contributed by atoms with Gasteiger partial charge in [-0.3, -0.25) is 4.79 Å². The second kappa shape index (κ2) is 3.78. The first-order valence-electron chi connectivity index (χ1n) is 4.61. The van der Waals surface area contributed by atoms with Gasteiger partial charge in [0.25, 0.3) is 0 Å². The minimum atomic E-state index is -0.212. The van der Waals surface area contributed by atoms with Crippen molar-refractivity contribution in [2.24, 2.45) is 0 Å². The lowest BCUT2D eigenvalue weighted by Crippen LogP contribution is -2.31. The quantitative estimate of drug-likeness (QED) is 0.458. The molecule has 1 rings (SSSR count). The Kier molecular flexibility index (Phi) is 2.92. The molecule has 0 amide bonds. The first kappa shape index (κ1) is 10.0. The van der Waals surface area contributed by atoms with Crippen molar-refractivity contribution in [3.8, 4) is 0 Å². The van der Waals surface area contributed by atoms with Crippen molar-refractivity contribution in [2.75, 3.05) is 0 Å². The fraction of sp³-hybridized carbons (Fsp3) is 0.800. The number of hydrogen-bond acceptors (Lipinski definition) is 2. The molecule has 0 atom stereocenters. The lowest BCUT2D eigenvalue weighted by Gasteiger charge is -2.27. The molecular weight excluding hydrogens is 166 g/mol. The molecule has 0 N–H and O–H groups in total. The Morgan fingerprint density at radius 1 is 1.54 bits per heavy atom. The van der Waals surface area contributed by atoms with Crippen LogP contribution < -0.4 is 0 Å². The highest BCUT2D eigenvalue weighted by atomic mass is 16.5. The SMILES string of the molecule is [C-]#[N+]C1(C)CCC(OC(C)=O)CC1. The van der Waals surface area contributed by atoms with Crippen LogP contribution in [0.5, 0.6) is 0 Å². The van der Waals surface area contributed by atoms with Gasteiger partial charge >= 0.3 is 5.97 Å². The molecule has 1 fully saturated rings. The molecule has 13 heavy (non-hydrogen) atoms. The lowest BCUT2D eigenvalue weighted by atomic mass is 9.82. The predicted molar refractivity (Wildman–Crippen MR) is 49.0 cm³/mol. The largest absolute Gasteiger partial charge is 0.463 e. The standard InChI is InChI=1S/C10H15NO2/c1-8(12)13-9-4-6-10(2,11-3)7-5-9/h9H,4-7H2,1-2H3. The van der Waals surface area contributed by atoms with E-state index in [4.69, 9.17) is 11.3 Å². The van der Waals surface area contributed by atoms with E-state index in [2.05, 4.69) is 4.85 Å². The number of rotatable bonds is 1. The van der Waals surface area contributed by atoms with Gasteiger partial charge in [-0.05, 0) is 12.8 Å². The van der Waals surface area contributed by atoms with Gasteiger partial charge in [-0.1, -0.05) is 0 Å². The van der Waals surface area contributed by atoms with Gasteiger partial charge in [0.15, 0.2) is 0 Å². The van der Waals surface area contributed by atoms with Gasteiger partial charge in [0.2, 0.25) is 5.54 Å². The Morgan fingerprint density at radius 3 is 2.46 bits per heavy atom. The number of ether oxygens (including phenoxy) is 1. The number of hydrogen-bond donors (Lipinski definition) is 0. The summed E-state index contributed by atoms with van der Waals surface area (Å²) in [6, 6.07) is 0. The minimum Gasteiger partial charge on any atom is -0.463 e. The summed E-state index contributed by atoms with van der Waals surface area (Å²) in [6.07, 6.45) is 3.40. The first-order valence-corrected chi connectivity index (χ1v) is 4.61. The van der Waals surface area contributed by atoms with E-state index in [0.29, 0.717) is 0 Å². The highest BCUT2D eigenvalue weighted by molar-refractivity contribution is 5.66. The molecule has 72 valence electrons. The van der Waals surface area contributed by atoms with Gasteiger partial charge < -0.3 is 9.58 Å². The van der Waals surface area contributed by atoms with Crippen molar-refractivity contribution in [3.63, 3.8) is 0 Å². The van der Waals surface area contributed by atoms with Crippen LogP contribution in [0.4, 0.5) is 0 Å². The molecule has 0 aliphatic heterocycles. The third-order valence-corrected chi connectivity index (χ3v) is 2.61. The van der Waals surface area contributed by atoms with Gasteiger partial charge in [0.05, 0.1) is 0 Å². The number of carbonyl (C=O) groups excluding carboxylic acids is 1. The normalized spacial score (nSPS) is 33.5. The summed E-state index contributed by atoms with van der Waals surface area (Å²) in [5, 5.41) is 0. The van der Waals surface area contributed by atoms with E-state index in [-0.39, 0.29) is 17.6 Å². The molecule has 0 heterocycles. The Labute approximate surface area is 78.9 Å². The van der Waals surface area contributed by atoms with Crippen molar-refractivity contribution in [2.45, 2.75) is 51.2 Å². The van der Waals surface area contributed by atoms with Crippen molar-refractivity contribution in [1.29, 1.82) is 0 Å². The number of esters is 1. The average Bonchev–Trinajstić information content (AvgIpc) is 2.09. The summed E-state index contributed by atoms with van der Waals surface area (Å²) in [5.41, 5.74) is -0.212. The highest BCUT2D eigenvalue weighted by Crippen LogP contribution is 2.32. The van der Waals surface area contributed by atoms with Crippen molar-refractivity contribution in [3.05, 3.63) is 11.4 Å². The van der Waals surface area contributed by atoms with E-state index in [1.54, 1.807) is 0 Å². The van der Waals surface area contributed by atoms with Crippen LogP contribution in [0.15, 0.2) is 0 Å². The van der Waals surface area contributed by atoms with Crippen molar-refractivity contribution in [1.82, 2.24) is 0 Å². The van der Waals surface area contributed by atoms with Crippen LogP contribution in [0.1, 0.15) is 39.5 Å². The van der Waals surface area contributed by atoms with Crippen LogP contribution in [0, 0.1) is 6.57 Å². The van der Waals surface area contributed by atoms with Gasteiger partial charge in [-0.25, -0.2) is 6.57 Å². The predicted octanol–water partition coefficient (Wildman–Crippen LogP) is 2.17. The van der Waals surface area contributed by atoms with E-state index in [1.807, 2.05) is 6.92 Å². The Hall–Kier alpha value is -1.04. The monoisotopic (exact) mass is 181 g/mol. The lowest BCUT2D eigenvalue weighted by molar-refractivity contribution is -0.148. The van der Waals surface area contributed by atoms with Crippen molar-refractivity contribution >= 4 is 5.97 Å². The zero-order valence-corrected chi connectivity index (χ0v) is 8.17. The molecule has 0 spiro atoms. The molecule has 0 unspecified atom stereocenters. The molecule has 1 aliphatic carbocycles. The summed E-state index contributed by atoms with van der Waals surface area (Å²) in [7, 11) is 0. The maximum atomic E-state index is 10.7. The van der Waals surface area contributed by atoms with E-state index in [1.165, 1.54) is 6.92 Å². The molecule has 3 heteroatoms. The van der Waals surface area contributed by atoms with E-state index < -0.39 is 0 Å². The maximum absolute atomic E-state index is 10.7. The van der Waals surface area contributed by atoms with Gasteiger partial charge in [-0.2, -0.15) is 0 Å². The van der Waals surface area contributed by atoms with Gasteiger partial charge in [0, 0.05) is 26.7 Å². The van der Waals surface area contributed by atoms with Crippen LogP contribution in [0.25, 0.3) is 4.85 Å². The number of carbonyl (C=O) groups is 1. The topological polar surface area (TPSA) is 30.7 Å². The smallest absolute Gasteiger partial charge is 0.302 e. The van der Waals surface area contributed by atoms with Crippen LogP contribution in [0.3, 0.4) is 0 Å². The fourth-order valence-electron chi connectivity index (χ4n) is 1.68. The Morgan fingerprint density at radius 2 is 2.08 bits per heavy atom. The summed E-state index contributed by atoms with van der Waals surface area (Å²) < 4.78 is 5.09. The summed E-state index contributed by atoms with van der Waals surface area (Å²) >= 11 is 0. The Bertz CT molecular complexity index is 234. The molecule has 0 saturated heterocycles. The summed E-state index contributed by atoms with van der Waals surface area (Å²) in [6.45, 7) is 10.4. The minimum absolute atomic E-state index is 0.0484. The Balaban J connectivity index is 2.40. The molecule has 3 nitrogen and oxygen atoms in total. The van der Waals surface area contributed by atoms with E-state index in [9.17, 15) is 4.79 Å². The zero-order chi connectivity index (χ0) is 9.90. The van der Waals surface area contributed by atoms with E-state index in [0.717, 1.165) is 25.7 Å². The second-order valence-corrected chi connectivity index (χ2v) is 3.92. The van der Waals surface area contributed by atoms with E-state index >= 15 is 0 Å². The van der Waals surface area contributed by atoms with Crippen LogP contribution in [-0.2, 0) is 9.53 Å².